The van der Waals surface area contributed by atoms with Gasteiger partial charge in [-0.05, 0) is 84.4 Å². The summed E-state index contributed by atoms with van der Waals surface area (Å²) in [6.45, 7) is 4.57. The maximum absolute atomic E-state index is 9.58. The number of hydrogen-bond acceptors (Lipinski definition) is 2. The highest BCUT2D eigenvalue weighted by Gasteiger charge is 2.26. The summed E-state index contributed by atoms with van der Waals surface area (Å²) in [5, 5.41) is 19.0. The molecule has 0 heterocycles. The van der Waals surface area contributed by atoms with Gasteiger partial charge in [0.1, 0.15) is 11.5 Å². The van der Waals surface area contributed by atoms with Gasteiger partial charge in [0.05, 0.1) is 0 Å². The maximum atomic E-state index is 9.58. The van der Waals surface area contributed by atoms with E-state index in [9.17, 15) is 10.2 Å². The molecule has 1 aliphatic carbocycles. The third kappa shape index (κ3) is 4.45. The molecular weight excluding hydrogens is 308 g/mol. The van der Waals surface area contributed by atoms with Gasteiger partial charge in [-0.1, -0.05) is 44.2 Å². The van der Waals surface area contributed by atoms with Crippen LogP contribution in [0.5, 0.6) is 11.5 Å². The van der Waals surface area contributed by atoms with Gasteiger partial charge in [-0.15, -0.1) is 0 Å². The number of rotatable bonds is 5. The summed E-state index contributed by atoms with van der Waals surface area (Å²) in [5.41, 5.74) is 3.96. The molecule has 2 aromatic carbocycles. The molecule has 1 aliphatic rings. The molecule has 0 saturated carbocycles. The largest absolute Gasteiger partial charge is 0.508 e. The van der Waals surface area contributed by atoms with Crippen LogP contribution in [0, 0.1) is 11.8 Å². The Morgan fingerprint density at radius 1 is 0.920 bits per heavy atom. The molecule has 0 saturated heterocycles. The zero-order chi connectivity index (χ0) is 17.8. The molecule has 2 N–H and O–H groups in total. The quantitative estimate of drug-likeness (QED) is 0.691. The van der Waals surface area contributed by atoms with Crippen LogP contribution >= 0.6 is 0 Å². The number of hydrogen-bond donors (Lipinski definition) is 2. The lowest BCUT2D eigenvalue weighted by Crippen LogP contribution is -2.17. The van der Waals surface area contributed by atoms with E-state index in [1.807, 2.05) is 24.3 Å². The molecule has 0 bridgehead atoms. The first-order valence-corrected chi connectivity index (χ1v) is 9.30. The predicted molar refractivity (Wildman–Crippen MR) is 104 cm³/mol. The molecule has 2 aromatic rings. The number of phenols is 2. The summed E-state index contributed by atoms with van der Waals surface area (Å²) in [5.74, 6) is 2.50. The van der Waals surface area contributed by atoms with Gasteiger partial charge in [-0.3, -0.25) is 0 Å². The van der Waals surface area contributed by atoms with E-state index in [2.05, 4.69) is 32.1 Å². The van der Waals surface area contributed by atoms with Crippen molar-refractivity contribution in [3.05, 3.63) is 65.7 Å². The number of benzene rings is 2. The Bertz CT molecular complexity index is 711. The van der Waals surface area contributed by atoms with Gasteiger partial charge in [-0.25, -0.2) is 0 Å². The van der Waals surface area contributed by atoms with Crippen LogP contribution in [0.3, 0.4) is 0 Å². The molecule has 0 spiro atoms. The van der Waals surface area contributed by atoms with Gasteiger partial charge in [-0.2, -0.15) is 0 Å². The SMILES string of the molecule is CC(C)CC(c1ccc(O)cc1)C1CC=C(c2ccc(O)cc2)CC1. The van der Waals surface area contributed by atoms with E-state index in [1.54, 1.807) is 12.1 Å². The van der Waals surface area contributed by atoms with Crippen LogP contribution in [0.2, 0.25) is 0 Å². The molecule has 0 amide bonds. The fourth-order valence-corrected chi connectivity index (χ4v) is 3.99. The second-order valence-corrected chi connectivity index (χ2v) is 7.64. The van der Waals surface area contributed by atoms with Crippen LogP contribution < -0.4 is 0 Å². The fourth-order valence-electron chi connectivity index (χ4n) is 3.99. The highest BCUT2D eigenvalue weighted by Crippen LogP contribution is 2.41. The lowest BCUT2D eigenvalue weighted by molar-refractivity contribution is 0.342. The molecule has 3 rings (SSSR count). The average molecular weight is 336 g/mol. The molecule has 0 aliphatic heterocycles. The topological polar surface area (TPSA) is 40.5 Å². The summed E-state index contributed by atoms with van der Waals surface area (Å²) in [6.07, 6.45) is 6.92. The van der Waals surface area contributed by atoms with Gasteiger partial charge < -0.3 is 10.2 Å². The van der Waals surface area contributed by atoms with Crippen LogP contribution in [0.4, 0.5) is 0 Å². The zero-order valence-corrected chi connectivity index (χ0v) is 15.2. The first-order chi connectivity index (χ1) is 12.0. The Morgan fingerprint density at radius 2 is 1.52 bits per heavy atom. The third-order valence-corrected chi connectivity index (χ3v) is 5.31. The summed E-state index contributed by atoms with van der Waals surface area (Å²) in [7, 11) is 0. The number of aromatic hydroxyl groups is 2. The van der Waals surface area contributed by atoms with Crippen molar-refractivity contribution in [2.24, 2.45) is 11.8 Å². The van der Waals surface area contributed by atoms with E-state index < -0.39 is 0 Å². The van der Waals surface area contributed by atoms with Crippen molar-refractivity contribution in [3.8, 4) is 11.5 Å². The number of phenolic OH excluding ortho intramolecular Hbond substituents is 2. The first kappa shape index (κ1) is 17.6. The van der Waals surface area contributed by atoms with Crippen molar-refractivity contribution < 1.29 is 10.2 Å². The lowest BCUT2D eigenvalue weighted by Gasteiger charge is -2.31. The van der Waals surface area contributed by atoms with E-state index in [0.29, 0.717) is 29.3 Å². The molecule has 2 unspecified atom stereocenters. The molecule has 132 valence electrons. The molecule has 0 aromatic heterocycles. The van der Waals surface area contributed by atoms with Crippen LogP contribution in [-0.4, -0.2) is 10.2 Å². The van der Waals surface area contributed by atoms with Gasteiger partial charge >= 0.3 is 0 Å². The standard InChI is InChI=1S/C23H28O2/c1-16(2)15-23(20-9-13-22(25)14-10-20)19-5-3-17(4-6-19)18-7-11-21(24)12-8-18/h3,7-14,16,19,23-25H,4-6,15H2,1-2H3. The minimum absolute atomic E-state index is 0.322. The highest BCUT2D eigenvalue weighted by atomic mass is 16.3. The van der Waals surface area contributed by atoms with Crippen molar-refractivity contribution in [3.63, 3.8) is 0 Å². The molecular formula is C23H28O2. The van der Waals surface area contributed by atoms with Crippen LogP contribution in [0.25, 0.3) is 5.57 Å². The Kier molecular flexibility index (Phi) is 5.47. The van der Waals surface area contributed by atoms with Crippen molar-refractivity contribution in [1.82, 2.24) is 0 Å². The zero-order valence-electron chi connectivity index (χ0n) is 15.2. The number of allylic oxidation sites excluding steroid dienone is 2. The fraction of sp³-hybridized carbons (Fsp3) is 0.391. The van der Waals surface area contributed by atoms with Gasteiger partial charge in [0.25, 0.3) is 0 Å². The molecule has 2 heteroatoms. The highest BCUT2D eigenvalue weighted by molar-refractivity contribution is 5.66. The second-order valence-electron chi connectivity index (χ2n) is 7.64. The van der Waals surface area contributed by atoms with E-state index >= 15 is 0 Å². The Labute approximate surface area is 150 Å². The minimum atomic E-state index is 0.322. The normalized spacial score (nSPS) is 18.8. The molecule has 0 radical (unpaired) electrons. The summed E-state index contributed by atoms with van der Waals surface area (Å²) in [4.78, 5) is 0. The van der Waals surface area contributed by atoms with E-state index in [-0.39, 0.29) is 0 Å². The molecule has 2 atom stereocenters. The molecule has 25 heavy (non-hydrogen) atoms. The van der Waals surface area contributed by atoms with E-state index in [1.165, 1.54) is 29.5 Å². The van der Waals surface area contributed by atoms with Crippen molar-refractivity contribution in [1.29, 1.82) is 0 Å². The minimum Gasteiger partial charge on any atom is -0.508 e. The van der Waals surface area contributed by atoms with Crippen molar-refractivity contribution in [2.75, 3.05) is 0 Å². The van der Waals surface area contributed by atoms with E-state index in [4.69, 9.17) is 0 Å². The smallest absolute Gasteiger partial charge is 0.115 e. The van der Waals surface area contributed by atoms with Crippen LogP contribution in [0.1, 0.15) is 56.6 Å². The van der Waals surface area contributed by atoms with Gasteiger partial charge in [0.2, 0.25) is 0 Å². The lowest BCUT2D eigenvalue weighted by atomic mass is 9.73. The Hall–Kier alpha value is -2.22. The van der Waals surface area contributed by atoms with Crippen molar-refractivity contribution in [2.45, 2.75) is 45.4 Å². The summed E-state index contributed by atoms with van der Waals surface area (Å²) >= 11 is 0. The van der Waals surface area contributed by atoms with Crippen molar-refractivity contribution >= 4 is 5.57 Å². The van der Waals surface area contributed by atoms with Gasteiger partial charge in [0, 0.05) is 0 Å². The van der Waals surface area contributed by atoms with Gasteiger partial charge in [0.15, 0.2) is 0 Å². The average Bonchev–Trinajstić information content (AvgIpc) is 2.61. The summed E-state index contributed by atoms with van der Waals surface area (Å²) < 4.78 is 0. The maximum Gasteiger partial charge on any atom is 0.115 e. The second kappa shape index (κ2) is 7.77. The van der Waals surface area contributed by atoms with Crippen LogP contribution in [0.15, 0.2) is 54.6 Å². The monoisotopic (exact) mass is 336 g/mol. The Morgan fingerprint density at radius 3 is 2.04 bits per heavy atom. The first-order valence-electron chi connectivity index (χ1n) is 9.30. The van der Waals surface area contributed by atoms with Crippen LogP contribution in [-0.2, 0) is 0 Å². The molecule has 0 fully saturated rings. The Balaban J connectivity index is 1.77. The van der Waals surface area contributed by atoms with E-state index in [0.717, 1.165) is 12.8 Å². The predicted octanol–water partition coefficient (Wildman–Crippen LogP) is 6.11. The summed E-state index contributed by atoms with van der Waals surface area (Å²) in [6, 6.07) is 15.3. The molecule has 2 nitrogen and oxygen atoms in total. The third-order valence-electron chi connectivity index (χ3n) is 5.31.